The van der Waals surface area contributed by atoms with Gasteiger partial charge in [0.05, 0.1) is 11.2 Å². The number of allylic oxidation sites excluding steroid dienone is 1. The van der Waals surface area contributed by atoms with Gasteiger partial charge in [0, 0.05) is 4.90 Å². The number of hydrogen-bond acceptors (Lipinski definition) is 3. The molecule has 0 amide bonds. The predicted octanol–water partition coefficient (Wildman–Crippen LogP) is 4.18. The molecule has 0 saturated carbocycles. The lowest BCUT2D eigenvalue weighted by atomic mass is 10.1. The summed E-state index contributed by atoms with van der Waals surface area (Å²) >= 11 is 1.71. The third-order valence-electron chi connectivity index (χ3n) is 3.22. The summed E-state index contributed by atoms with van der Waals surface area (Å²) in [5.41, 5.74) is 5.11. The predicted molar refractivity (Wildman–Crippen MR) is 85.4 cm³/mol. The number of aromatic nitrogens is 3. The van der Waals surface area contributed by atoms with Gasteiger partial charge >= 0.3 is 0 Å². The number of para-hydroxylation sites is 1. The SMILES string of the molecule is C=C(C)c1cc(SC)cc(-n2nnc3ccccc32)c1. The van der Waals surface area contributed by atoms with E-state index in [4.69, 9.17) is 0 Å². The molecule has 3 aromatic rings. The third kappa shape index (κ3) is 2.23. The van der Waals surface area contributed by atoms with Gasteiger partial charge in [0.2, 0.25) is 0 Å². The van der Waals surface area contributed by atoms with Crippen molar-refractivity contribution < 1.29 is 0 Å². The number of hydrogen-bond donors (Lipinski definition) is 0. The van der Waals surface area contributed by atoms with Crippen LogP contribution in [0.15, 0.2) is 53.9 Å². The molecular weight excluding hydrogens is 266 g/mol. The third-order valence-corrected chi connectivity index (χ3v) is 3.92. The van der Waals surface area contributed by atoms with Crippen LogP contribution in [0.3, 0.4) is 0 Å². The zero-order valence-electron chi connectivity index (χ0n) is 11.5. The molecule has 0 spiro atoms. The zero-order chi connectivity index (χ0) is 14.1. The minimum Gasteiger partial charge on any atom is -0.213 e. The summed E-state index contributed by atoms with van der Waals surface area (Å²) < 4.78 is 1.88. The van der Waals surface area contributed by atoms with Crippen molar-refractivity contribution in [1.29, 1.82) is 0 Å². The Bertz CT molecular complexity index is 789. The molecular formula is C16H15N3S. The Morgan fingerprint density at radius 3 is 2.75 bits per heavy atom. The van der Waals surface area contributed by atoms with Gasteiger partial charge in [0.1, 0.15) is 5.52 Å². The summed E-state index contributed by atoms with van der Waals surface area (Å²) in [6.07, 6.45) is 2.07. The Morgan fingerprint density at radius 2 is 2.00 bits per heavy atom. The number of benzene rings is 2. The van der Waals surface area contributed by atoms with E-state index in [1.54, 1.807) is 11.8 Å². The topological polar surface area (TPSA) is 30.7 Å². The Labute approximate surface area is 122 Å². The van der Waals surface area contributed by atoms with Crippen molar-refractivity contribution in [2.45, 2.75) is 11.8 Å². The van der Waals surface area contributed by atoms with Gasteiger partial charge in [-0.2, -0.15) is 0 Å². The first-order valence-corrected chi connectivity index (χ1v) is 7.57. The van der Waals surface area contributed by atoms with Crippen molar-refractivity contribution in [1.82, 2.24) is 15.0 Å². The first-order valence-electron chi connectivity index (χ1n) is 6.35. The second kappa shape index (κ2) is 5.13. The van der Waals surface area contributed by atoms with Crippen molar-refractivity contribution in [3.63, 3.8) is 0 Å². The van der Waals surface area contributed by atoms with E-state index in [0.29, 0.717) is 0 Å². The van der Waals surface area contributed by atoms with E-state index in [2.05, 4.69) is 41.3 Å². The fourth-order valence-corrected chi connectivity index (χ4v) is 2.61. The van der Waals surface area contributed by atoms with Crippen molar-refractivity contribution in [2.75, 3.05) is 6.26 Å². The van der Waals surface area contributed by atoms with Crippen molar-refractivity contribution >= 4 is 28.4 Å². The summed E-state index contributed by atoms with van der Waals surface area (Å²) in [5.74, 6) is 0. The van der Waals surface area contributed by atoms with Crippen LogP contribution in [0, 0.1) is 0 Å². The molecule has 0 saturated heterocycles. The molecule has 3 rings (SSSR count). The average Bonchev–Trinajstić information content (AvgIpc) is 2.90. The molecule has 100 valence electrons. The molecule has 2 aromatic carbocycles. The lowest BCUT2D eigenvalue weighted by Crippen LogP contribution is -1.98. The molecule has 0 bridgehead atoms. The maximum absolute atomic E-state index is 4.27. The van der Waals surface area contributed by atoms with Gasteiger partial charge < -0.3 is 0 Å². The van der Waals surface area contributed by atoms with Gasteiger partial charge in [0.25, 0.3) is 0 Å². The molecule has 0 aliphatic carbocycles. The van der Waals surface area contributed by atoms with E-state index in [1.807, 2.05) is 35.9 Å². The Hall–Kier alpha value is -2.07. The highest BCUT2D eigenvalue weighted by atomic mass is 32.2. The molecule has 0 unspecified atom stereocenters. The molecule has 0 atom stereocenters. The summed E-state index contributed by atoms with van der Waals surface area (Å²) in [6, 6.07) is 14.3. The lowest BCUT2D eigenvalue weighted by molar-refractivity contribution is 0.821. The van der Waals surface area contributed by atoms with Crippen LogP contribution >= 0.6 is 11.8 Å². The maximum Gasteiger partial charge on any atom is 0.113 e. The highest BCUT2D eigenvalue weighted by Crippen LogP contribution is 2.26. The molecule has 0 fully saturated rings. The lowest BCUT2D eigenvalue weighted by Gasteiger charge is -2.09. The van der Waals surface area contributed by atoms with Crippen LogP contribution in [0.2, 0.25) is 0 Å². The van der Waals surface area contributed by atoms with E-state index in [1.165, 1.54) is 4.90 Å². The van der Waals surface area contributed by atoms with Gasteiger partial charge in [-0.15, -0.1) is 16.9 Å². The molecule has 20 heavy (non-hydrogen) atoms. The van der Waals surface area contributed by atoms with Gasteiger partial charge in [-0.3, -0.25) is 0 Å². The quantitative estimate of drug-likeness (QED) is 0.675. The first-order chi connectivity index (χ1) is 9.69. The minimum absolute atomic E-state index is 0.902. The maximum atomic E-state index is 4.27. The Balaban J connectivity index is 2.23. The van der Waals surface area contributed by atoms with Crippen molar-refractivity contribution in [2.24, 2.45) is 0 Å². The fourth-order valence-electron chi connectivity index (χ4n) is 2.13. The summed E-state index contributed by atoms with van der Waals surface area (Å²) in [4.78, 5) is 1.19. The van der Waals surface area contributed by atoms with Crippen LogP contribution in [0.4, 0.5) is 0 Å². The fraction of sp³-hybridized carbons (Fsp3) is 0.125. The normalized spacial score (nSPS) is 10.9. The van der Waals surface area contributed by atoms with E-state index in [-0.39, 0.29) is 0 Å². The van der Waals surface area contributed by atoms with Crippen LogP contribution in [0.5, 0.6) is 0 Å². The zero-order valence-corrected chi connectivity index (χ0v) is 12.3. The molecule has 0 aliphatic heterocycles. The minimum atomic E-state index is 0.902. The van der Waals surface area contributed by atoms with E-state index < -0.39 is 0 Å². The smallest absolute Gasteiger partial charge is 0.113 e. The standard InChI is InChI=1S/C16H15N3S/c1-11(2)12-8-13(10-14(9-12)20-3)19-16-7-5-4-6-15(16)17-18-19/h4-10H,1H2,2-3H3. The van der Waals surface area contributed by atoms with Crippen molar-refractivity contribution in [3.8, 4) is 5.69 Å². The van der Waals surface area contributed by atoms with Gasteiger partial charge in [-0.25, -0.2) is 4.68 Å². The molecule has 0 aliphatic rings. The van der Waals surface area contributed by atoms with Crippen LogP contribution < -0.4 is 0 Å². The molecule has 1 heterocycles. The Morgan fingerprint density at radius 1 is 1.20 bits per heavy atom. The molecule has 4 heteroatoms. The monoisotopic (exact) mass is 281 g/mol. The molecule has 0 radical (unpaired) electrons. The van der Waals surface area contributed by atoms with Gasteiger partial charge in [-0.05, 0) is 49.1 Å². The van der Waals surface area contributed by atoms with Crippen molar-refractivity contribution in [3.05, 3.63) is 54.6 Å². The first kappa shape index (κ1) is 12.9. The summed E-state index contributed by atoms with van der Waals surface area (Å²) in [7, 11) is 0. The highest BCUT2D eigenvalue weighted by molar-refractivity contribution is 7.98. The number of thioether (sulfide) groups is 1. The van der Waals surface area contributed by atoms with E-state index in [9.17, 15) is 0 Å². The molecule has 3 nitrogen and oxygen atoms in total. The second-order valence-electron chi connectivity index (χ2n) is 4.69. The largest absolute Gasteiger partial charge is 0.213 e. The number of rotatable bonds is 3. The van der Waals surface area contributed by atoms with Crippen LogP contribution in [-0.2, 0) is 0 Å². The van der Waals surface area contributed by atoms with Gasteiger partial charge in [0.15, 0.2) is 0 Å². The van der Waals surface area contributed by atoms with Crippen LogP contribution in [-0.4, -0.2) is 21.2 Å². The van der Waals surface area contributed by atoms with E-state index >= 15 is 0 Å². The number of fused-ring (bicyclic) bond motifs is 1. The summed E-state index contributed by atoms with van der Waals surface area (Å²) in [6.45, 7) is 6.05. The Kier molecular flexibility index (Phi) is 3.32. The van der Waals surface area contributed by atoms with Crippen LogP contribution in [0.25, 0.3) is 22.3 Å². The van der Waals surface area contributed by atoms with Gasteiger partial charge in [-0.1, -0.05) is 29.5 Å². The average molecular weight is 281 g/mol. The summed E-state index contributed by atoms with van der Waals surface area (Å²) in [5, 5.41) is 8.48. The second-order valence-corrected chi connectivity index (χ2v) is 5.57. The molecule has 0 N–H and O–H groups in total. The molecule has 1 aromatic heterocycles. The van der Waals surface area contributed by atoms with Crippen LogP contribution in [0.1, 0.15) is 12.5 Å². The highest BCUT2D eigenvalue weighted by Gasteiger charge is 2.08. The number of nitrogens with zero attached hydrogens (tertiary/aromatic N) is 3. The van der Waals surface area contributed by atoms with E-state index in [0.717, 1.165) is 27.9 Å².